The maximum atomic E-state index is 5.33. The van der Waals surface area contributed by atoms with Gasteiger partial charge in [-0.05, 0) is 12.1 Å². The number of hydrogen-bond acceptors (Lipinski definition) is 3. The molecule has 0 saturated heterocycles. The van der Waals surface area contributed by atoms with Gasteiger partial charge < -0.3 is 4.18 Å². The van der Waals surface area contributed by atoms with Crippen LogP contribution in [0, 0.1) is 0 Å². The van der Waals surface area contributed by atoms with E-state index in [2.05, 4.69) is 6.92 Å². The minimum absolute atomic E-state index is 0.915. The standard InChI is InChI=1S/C8H10OS2/c1-2-10-11-9-8-6-4-3-5-7-8/h3-7H,2H2,1H3. The quantitative estimate of drug-likeness (QED) is 0.405. The van der Waals surface area contributed by atoms with Gasteiger partial charge in [0.1, 0.15) is 16.8 Å². The fourth-order valence-corrected chi connectivity index (χ4v) is 1.59. The van der Waals surface area contributed by atoms with Gasteiger partial charge in [0, 0.05) is 5.75 Å². The summed E-state index contributed by atoms with van der Waals surface area (Å²) in [6, 6.07) is 9.80. The van der Waals surface area contributed by atoms with Crippen molar-refractivity contribution in [1.82, 2.24) is 0 Å². The molecule has 0 unspecified atom stereocenters. The summed E-state index contributed by atoms with van der Waals surface area (Å²) >= 11 is 1.42. The molecule has 0 aliphatic carbocycles. The third-order valence-corrected chi connectivity index (χ3v) is 2.83. The van der Waals surface area contributed by atoms with Crippen molar-refractivity contribution in [3.05, 3.63) is 30.3 Å². The van der Waals surface area contributed by atoms with Crippen LogP contribution in [-0.4, -0.2) is 5.75 Å². The molecule has 3 heteroatoms. The second-order valence-corrected chi connectivity index (χ2v) is 4.10. The lowest BCUT2D eigenvalue weighted by Gasteiger charge is -1.99. The maximum absolute atomic E-state index is 5.33. The van der Waals surface area contributed by atoms with E-state index in [0.717, 1.165) is 11.5 Å². The van der Waals surface area contributed by atoms with Crippen LogP contribution < -0.4 is 4.18 Å². The van der Waals surface area contributed by atoms with E-state index in [-0.39, 0.29) is 0 Å². The molecule has 0 aliphatic heterocycles. The van der Waals surface area contributed by atoms with Gasteiger partial charge in [-0.15, -0.1) is 0 Å². The molecule has 1 aromatic rings. The van der Waals surface area contributed by atoms with Gasteiger partial charge in [0.05, 0.1) is 0 Å². The Morgan fingerprint density at radius 1 is 1.27 bits per heavy atom. The zero-order chi connectivity index (χ0) is 7.94. The first kappa shape index (κ1) is 8.81. The molecule has 1 nitrogen and oxygen atoms in total. The Hall–Kier alpha value is -0.280. The topological polar surface area (TPSA) is 9.23 Å². The zero-order valence-electron chi connectivity index (χ0n) is 6.32. The Bertz CT molecular complexity index is 189. The average Bonchev–Trinajstić information content (AvgIpc) is 2.07. The van der Waals surface area contributed by atoms with Crippen LogP contribution in [0.25, 0.3) is 0 Å². The van der Waals surface area contributed by atoms with Crippen LogP contribution in [0.4, 0.5) is 0 Å². The van der Waals surface area contributed by atoms with Gasteiger partial charge in [-0.2, -0.15) is 0 Å². The minimum Gasteiger partial charge on any atom is -0.414 e. The molecule has 0 N–H and O–H groups in total. The van der Waals surface area contributed by atoms with Gasteiger partial charge in [-0.1, -0.05) is 35.9 Å². The minimum atomic E-state index is 0.915. The molecule has 11 heavy (non-hydrogen) atoms. The number of rotatable bonds is 4. The Morgan fingerprint density at radius 2 is 2.00 bits per heavy atom. The molecule has 0 saturated carbocycles. The summed E-state index contributed by atoms with van der Waals surface area (Å²) in [6.07, 6.45) is 0. The lowest BCUT2D eigenvalue weighted by atomic mass is 10.3. The Morgan fingerprint density at radius 3 is 2.64 bits per heavy atom. The van der Waals surface area contributed by atoms with Crippen molar-refractivity contribution in [1.29, 1.82) is 0 Å². The third kappa shape index (κ3) is 3.58. The van der Waals surface area contributed by atoms with E-state index in [0.29, 0.717) is 0 Å². The first-order valence-corrected chi connectivity index (χ1v) is 5.69. The highest BCUT2D eigenvalue weighted by Crippen LogP contribution is 2.24. The third-order valence-electron chi connectivity index (χ3n) is 1.04. The van der Waals surface area contributed by atoms with Crippen molar-refractivity contribution in [2.75, 3.05) is 5.75 Å². The summed E-state index contributed by atoms with van der Waals surface area (Å²) in [5.74, 6) is 1.98. The summed E-state index contributed by atoms with van der Waals surface area (Å²) in [5, 5.41) is 0. The number of para-hydroxylation sites is 1. The Kier molecular flexibility index (Phi) is 4.31. The first-order chi connectivity index (χ1) is 5.43. The van der Waals surface area contributed by atoms with Gasteiger partial charge in [-0.3, -0.25) is 0 Å². The zero-order valence-corrected chi connectivity index (χ0v) is 7.95. The predicted octanol–water partition coefficient (Wildman–Crippen LogP) is 3.38. The summed E-state index contributed by atoms with van der Waals surface area (Å²) in [5.41, 5.74) is 0. The summed E-state index contributed by atoms with van der Waals surface area (Å²) in [4.78, 5) is 0. The smallest absolute Gasteiger partial charge is 0.138 e. The highest BCUT2D eigenvalue weighted by Gasteiger charge is 1.90. The lowest BCUT2D eigenvalue weighted by molar-refractivity contribution is 0.656. The largest absolute Gasteiger partial charge is 0.414 e. The molecule has 0 fully saturated rings. The van der Waals surface area contributed by atoms with Crippen LogP contribution in [0.15, 0.2) is 30.3 Å². The second kappa shape index (κ2) is 5.38. The van der Waals surface area contributed by atoms with Crippen molar-refractivity contribution in [3.63, 3.8) is 0 Å². The van der Waals surface area contributed by atoms with E-state index in [9.17, 15) is 0 Å². The molecule has 60 valence electrons. The molecular weight excluding hydrogens is 176 g/mol. The van der Waals surface area contributed by atoms with Crippen molar-refractivity contribution < 1.29 is 4.18 Å². The number of hydrogen-bond donors (Lipinski definition) is 0. The molecule has 0 radical (unpaired) electrons. The highest BCUT2D eigenvalue weighted by molar-refractivity contribution is 8.75. The van der Waals surface area contributed by atoms with Crippen molar-refractivity contribution in [2.24, 2.45) is 0 Å². The van der Waals surface area contributed by atoms with Crippen LogP contribution >= 0.6 is 21.9 Å². The van der Waals surface area contributed by atoms with E-state index < -0.39 is 0 Å². The van der Waals surface area contributed by atoms with E-state index in [1.54, 1.807) is 10.8 Å². The van der Waals surface area contributed by atoms with Crippen LogP contribution in [0.2, 0.25) is 0 Å². The van der Waals surface area contributed by atoms with E-state index in [4.69, 9.17) is 4.18 Å². The van der Waals surface area contributed by atoms with E-state index >= 15 is 0 Å². The van der Waals surface area contributed by atoms with Gasteiger partial charge in [-0.25, -0.2) is 0 Å². The van der Waals surface area contributed by atoms with Crippen LogP contribution in [0.3, 0.4) is 0 Å². The Labute approximate surface area is 75.1 Å². The molecule has 0 amide bonds. The summed E-state index contributed by atoms with van der Waals surface area (Å²) in [7, 11) is 1.70. The molecule has 0 bridgehead atoms. The van der Waals surface area contributed by atoms with E-state index in [1.165, 1.54) is 11.1 Å². The molecule has 0 aliphatic rings. The normalized spacial score (nSPS) is 9.55. The maximum Gasteiger partial charge on any atom is 0.138 e. The summed E-state index contributed by atoms with van der Waals surface area (Å²) in [6.45, 7) is 2.10. The van der Waals surface area contributed by atoms with Gasteiger partial charge in [0.15, 0.2) is 0 Å². The van der Waals surface area contributed by atoms with Crippen molar-refractivity contribution in [3.8, 4) is 5.75 Å². The number of benzene rings is 1. The van der Waals surface area contributed by atoms with Crippen molar-refractivity contribution in [2.45, 2.75) is 6.92 Å². The van der Waals surface area contributed by atoms with Gasteiger partial charge in [0.25, 0.3) is 0 Å². The van der Waals surface area contributed by atoms with Crippen LogP contribution in [-0.2, 0) is 0 Å². The molecule has 1 aromatic carbocycles. The molecule has 0 spiro atoms. The Balaban J connectivity index is 2.28. The van der Waals surface area contributed by atoms with Gasteiger partial charge in [0.2, 0.25) is 0 Å². The fourth-order valence-electron chi connectivity index (χ4n) is 0.588. The molecule has 0 heterocycles. The second-order valence-electron chi connectivity index (χ2n) is 1.87. The van der Waals surface area contributed by atoms with Crippen LogP contribution in [0.1, 0.15) is 6.92 Å². The van der Waals surface area contributed by atoms with Crippen LogP contribution in [0.5, 0.6) is 5.75 Å². The highest BCUT2D eigenvalue weighted by atomic mass is 33.1. The first-order valence-electron chi connectivity index (χ1n) is 3.44. The monoisotopic (exact) mass is 186 g/mol. The lowest BCUT2D eigenvalue weighted by Crippen LogP contribution is -1.76. The molecule has 0 aromatic heterocycles. The molecular formula is C8H10OS2. The van der Waals surface area contributed by atoms with Crippen molar-refractivity contribution >= 4 is 21.9 Å². The van der Waals surface area contributed by atoms with Gasteiger partial charge >= 0.3 is 0 Å². The molecule has 1 rings (SSSR count). The average molecular weight is 186 g/mol. The fraction of sp³-hybridized carbons (Fsp3) is 0.250. The van der Waals surface area contributed by atoms with E-state index in [1.807, 2.05) is 30.3 Å². The summed E-state index contributed by atoms with van der Waals surface area (Å²) < 4.78 is 5.33. The predicted molar refractivity (Wildman–Crippen MR) is 52.8 cm³/mol. The SMILES string of the molecule is CCSSOc1ccccc1. The molecule has 0 atom stereocenters.